The maximum Gasteiger partial charge on any atom is 0.387 e. The van der Waals surface area contributed by atoms with Gasteiger partial charge in [0.2, 0.25) is 0 Å². The smallest absolute Gasteiger partial charge is 0.387 e. The Kier molecular flexibility index (Phi) is 5.95. The van der Waals surface area contributed by atoms with Crippen molar-refractivity contribution in [2.75, 3.05) is 24.5 Å². The number of hydrogen-bond donors (Lipinski definition) is 1. The highest BCUT2D eigenvalue weighted by atomic mass is 19.3. The van der Waals surface area contributed by atoms with Gasteiger partial charge >= 0.3 is 6.61 Å². The number of halogens is 2. The summed E-state index contributed by atoms with van der Waals surface area (Å²) in [7, 11) is 0. The first-order chi connectivity index (χ1) is 13.7. The van der Waals surface area contributed by atoms with E-state index in [1.54, 1.807) is 6.07 Å². The zero-order valence-electron chi connectivity index (χ0n) is 15.8. The van der Waals surface area contributed by atoms with Crippen molar-refractivity contribution in [2.45, 2.75) is 44.4 Å². The van der Waals surface area contributed by atoms with Crippen LogP contribution in [-0.4, -0.2) is 38.4 Å². The lowest BCUT2D eigenvalue weighted by Gasteiger charge is -2.36. The molecule has 2 aromatic carbocycles. The highest BCUT2D eigenvalue weighted by Gasteiger charge is 2.24. The van der Waals surface area contributed by atoms with Crippen LogP contribution < -0.4 is 19.7 Å². The van der Waals surface area contributed by atoms with Gasteiger partial charge in [0.05, 0.1) is 6.10 Å². The molecular formula is C22H26F2N2O2. The van der Waals surface area contributed by atoms with Crippen LogP contribution in [0.4, 0.5) is 14.5 Å². The standard InChI is InChI=1S/C22H26F2N2O2/c23-22(24)28-20-10-9-18(14-21(20)27-19-7-4-8-19)26-12-11-25-17(15-26)13-16-5-2-1-3-6-16/h1-3,5-6,9-10,14,17,19,22,25H,4,7-8,11-13,15H2/t17-/m0/s1. The van der Waals surface area contributed by atoms with E-state index in [9.17, 15) is 8.78 Å². The normalized spacial score (nSPS) is 20.1. The van der Waals surface area contributed by atoms with Gasteiger partial charge in [-0.15, -0.1) is 0 Å². The summed E-state index contributed by atoms with van der Waals surface area (Å²) in [5.74, 6) is 0.530. The lowest BCUT2D eigenvalue weighted by Crippen LogP contribution is -2.51. The van der Waals surface area contributed by atoms with Crippen molar-refractivity contribution in [3.63, 3.8) is 0 Å². The molecule has 1 atom stereocenters. The van der Waals surface area contributed by atoms with E-state index in [1.807, 2.05) is 18.2 Å². The minimum atomic E-state index is -2.86. The summed E-state index contributed by atoms with van der Waals surface area (Å²) in [5, 5.41) is 3.57. The molecule has 150 valence electrons. The molecule has 1 saturated carbocycles. The maximum atomic E-state index is 12.8. The molecule has 4 rings (SSSR count). The Bertz CT molecular complexity index is 768. The Balaban J connectivity index is 1.48. The summed E-state index contributed by atoms with van der Waals surface area (Å²) in [5.41, 5.74) is 2.28. The number of piperazine rings is 1. The molecule has 0 bridgehead atoms. The highest BCUT2D eigenvalue weighted by molar-refractivity contribution is 5.57. The molecule has 2 fully saturated rings. The Morgan fingerprint density at radius 2 is 1.89 bits per heavy atom. The fourth-order valence-corrected chi connectivity index (χ4v) is 3.74. The molecule has 0 amide bonds. The van der Waals surface area contributed by atoms with Gasteiger partial charge in [0.15, 0.2) is 11.5 Å². The third kappa shape index (κ3) is 4.73. The van der Waals surface area contributed by atoms with Crippen molar-refractivity contribution in [3.05, 3.63) is 54.1 Å². The van der Waals surface area contributed by atoms with E-state index < -0.39 is 6.61 Å². The van der Waals surface area contributed by atoms with E-state index in [4.69, 9.17) is 4.74 Å². The average molecular weight is 388 g/mol. The molecule has 6 heteroatoms. The van der Waals surface area contributed by atoms with Gasteiger partial charge < -0.3 is 19.7 Å². The summed E-state index contributed by atoms with van der Waals surface area (Å²) >= 11 is 0. The van der Waals surface area contributed by atoms with Gasteiger partial charge in [-0.2, -0.15) is 8.78 Å². The van der Waals surface area contributed by atoms with E-state index in [0.717, 1.165) is 51.0 Å². The van der Waals surface area contributed by atoms with Crippen LogP contribution in [0.2, 0.25) is 0 Å². The zero-order valence-corrected chi connectivity index (χ0v) is 15.8. The first-order valence-corrected chi connectivity index (χ1v) is 9.95. The fraction of sp³-hybridized carbons (Fsp3) is 0.455. The van der Waals surface area contributed by atoms with Gasteiger partial charge in [0.1, 0.15) is 0 Å². The van der Waals surface area contributed by atoms with Crippen LogP contribution in [-0.2, 0) is 6.42 Å². The van der Waals surface area contributed by atoms with E-state index >= 15 is 0 Å². The van der Waals surface area contributed by atoms with Gasteiger partial charge in [-0.3, -0.25) is 0 Å². The van der Waals surface area contributed by atoms with Gasteiger partial charge in [0.25, 0.3) is 0 Å². The van der Waals surface area contributed by atoms with E-state index in [2.05, 4.69) is 39.2 Å². The molecule has 0 aromatic heterocycles. The minimum absolute atomic E-state index is 0.101. The first-order valence-electron chi connectivity index (χ1n) is 9.95. The molecule has 1 N–H and O–H groups in total. The quantitative estimate of drug-likeness (QED) is 0.769. The van der Waals surface area contributed by atoms with Crippen LogP contribution in [0.15, 0.2) is 48.5 Å². The van der Waals surface area contributed by atoms with Crippen molar-refractivity contribution in [1.82, 2.24) is 5.32 Å². The van der Waals surface area contributed by atoms with Crippen molar-refractivity contribution in [2.24, 2.45) is 0 Å². The van der Waals surface area contributed by atoms with Crippen LogP contribution in [0.3, 0.4) is 0 Å². The Hall–Kier alpha value is -2.34. The van der Waals surface area contributed by atoms with Gasteiger partial charge in [-0.1, -0.05) is 30.3 Å². The van der Waals surface area contributed by atoms with Crippen molar-refractivity contribution in [3.8, 4) is 11.5 Å². The summed E-state index contributed by atoms with van der Waals surface area (Å²) in [6.45, 7) is -0.259. The third-order valence-corrected chi connectivity index (χ3v) is 5.43. The number of benzene rings is 2. The van der Waals surface area contributed by atoms with E-state index in [0.29, 0.717) is 11.8 Å². The lowest BCUT2D eigenvalue weighted by molar-refractivity contribution is -0.0526. The second-order valence-corrected chi connectivity index (χ2v) is 7.47. The van der Waals surface area contributed by atoms with Gasteiger partial charge in [-0.05, 0) is 43.4 Å². The highest BCUT2D eigenvalue weighted by Crippen LogP contribution is 2.36. The number of hydrogen-bond acceptors (Lipinski definition) is 4. The van der Waals surface area contributed by atoms with Crippen LogP contribution in [0.5, 0.6) is 11.5 Å². The third-order valence-electron chi connectivity index (χ3n) is 5.43. The largest absolute Gasteiger partial charge is 0.486 e. The predicted octanol–water partition coefficient (Wildman–Crippen LogP) is 4.24. The number of ether oxygens (including phenoxy) is 2. The SMILES string of the molecule is FC(F)Oc1ccc(N2CCN[C@@H](Cc3ccccc3)C2)cc1OC1CCC1. The lowest BCUT2D eigenvalue weighted by atomic mass is 9.96. The molecule has 0 radical (unpaired) electrons. The van der Waals surface area contributed by atoms with E-state index in [-0.39, 0.29) is 11.9 Å². The predicted molar refractivity (Wildman–Crippen MR) is 105 cm³/mol. The van der Waals surface area contributed by atoms with Crippen molar-refractivity contribution >= 4 is 5.69 Å². The number of nitrogens with zero attached hydrogens (tertiary/aromatic N) is 1. The maximum absolute atomic E-state index is 12.8. The summed E-state index contributed by atoms with van der Waals surface area (Å²) in [4.78, 5) is 2.28. The zero-order chi connectivity index (χ0) is 19.3. The molecule has 1 saturated heterocycles. The van der Waals surface area contributed by atoms with Crippen LogP contribution >= 0.6 is 0 Å². The second kappa shape index (κ2) is 8.78. The molecular weight excluding hydrogens is 362 g/mol. The van der Waals surface area contributed by atoms with Crippen LogP contribution in [0.1, 0.15) is 24.8 Å². The van der Waals surface area contributed by atoms with Crippen LogP contribution in [0, 0.1) is 0 Å². The molecule has 1 heterocycles. The molecule has 0 spiro atoms. The summed E-state index contributed by atoms with van der Waals surface area (Å²) < 4.78 is 36.1. The Morgan fingerprint density at radius 3 is 2.61 bits per heavy atom. The van der Waals surface area contributed by atoms with Crippen molar-refractivity contribution in [1.29, 1.82) is 0 Å². The summed E-state index contributed by atoms with van der Waals surface area (Å²) in [6, 6.07) is 16.0. The fourth-order valence-electron chi connectivity index (χ4n) is 3.74. The Morgan fingerprint density at radius 1 is 1.07 bits per heavy atom. The minimum Gasteiger partial charge on any atom is -0.486 e. The molecule has 1 aliphatic carbocycles. The number of rotatable bonds is 7. The average Bonchev–Trinajstić information content (AvgIpc) is 2.66. The number of nitrogens with one attached hydrogen (secondary N) is 1. The molecule has 4 nitrogen and oxygen atoms in total. The van der Waals surface area contributed by atoms with Crippen LogP contribution in [0.25, 0.3) is 0 Å². The number of alkyl halides is 2. The number of anilines is 1. The molecule has 1 aliphatic heterocycles. The first kappa shape index (κ1) is 19.0. The molecule has 2 aliphatic rings. The Labute approximate surface area is 164 Å². The molecule has 0 unspecified atom stereocenters. The molecule has 2 aromatic rings. The van der Waals surface area contributed by atoms with Gasteiger partial charge in [0, 0.05) is 37.4 Å². The second-order valence-electron chi connectivity index (χ2n) is 7.47. The van der Waals surface area contributed by atoms with E-state index in [1.165, 1.54) is 5.56 Å². The monoisotopic (exact) mass is 388 g/mol. The van der Waals surface area contributed by atoms with Gasteiger partial charge in [-0.25, -0.2) is 0 Å². The topological polar surface area (TPSA) is 33.7 Å². The molecule has 28 heavy (non-hydrogen) atoms. The summed E-state index contributed by atoms with van der Waals surface area (Å²) in [6.07, 6.45) is 4.10. The van der Waals surface area contributed by atoms with Crippen molar-refractivity contribution < 1.29 is 18.3 Å².